The molecule has 5 nitrogen and oxygen atoms in total. The first-order valence-electron chi connectivity index (χ1n) is 8.07. The number of benzene rings is 1. The van der Waals surface area contributed by atoms with Gasteiger partial charge in [0.05, 0.1) is 0 Å². The number of rotatable bonds is 6. The third kappa shape index (κ3) is 5.24. The van der Waals surface area contributed by atoms with Crippen molar-refractivity contribution in [3.63, 3.8) is 0 Å². The molecule has 0 amide bonds. The Labute approximate surface area is 138 Å². The normalized spacial score (nSPS) is 18.8. The number of nitrogens with one attached hydrogen (secondary N) is 1. The second-order valence-electron chi connectivity index (χ2n) is 6.20. The Morgan fingerprint density at radius 1 is 1.13 bits per heavy atom. The molecule has 1 heterocycles. The lowest BCUT2D eigenvalue weighted by atomic mass is 10.1. The molecule has 1 aliphatic heterocycles. The van der Waals surface area contributed by atoms with Crippen LogP contribution in [0.5, 0.6) is 0 Å². The maximum Gasteiger partial charge on any atom is 0.279 e. The van der Waals surface area contributed by atoms with Crippen molar-refractivity contribution in [2.75, 3.05) is 33.7 Å². The van der Waals surface area contributed by atoms with Gasteiger partial charge >= 0.3 is 0 Å². The molecule has 1 fully saturated rings. The predicted octanol–water partition coefficient (Wildman–Crippen LogP) is 2.14. The van der Waals surface area contributed by atoms with E-state index < -0.39 is 10.2 Å². The van der Waals surface area contributed by atoms with Crippen molar-refractivity contribution in [2.45, 2.75) is 31.7 Å². The molecule has 0 radical (unpaired) electrons. The summed E-state index contributed by atoms with van der Waals surface area (Å²) in [7, 11) is 0.298. The van der Waals surface area contributed by atoms with Gasteiger partial charge in [0.25, 0.3) is 10.2 Å². The zero-order valence-electron chi connectivity index (χ0n) is 13.8. The fourth-order valence-corrected chi connectivity index (χ4v) is 4.13. The van der Waals surface area contributed by atoms with Crippen molar-refractivity contribution in [1.82, 2.24) is 13.9 Å². The molecule has 0 bridgehead atoms. The van der Waals surface area contributed by atoms with Gasteiger partial charge in [-0.2, -0.15) is 12.7 Å². The average molecular weight is 343 g/mol. The number of likely N-dealkylation sites (N-methyl/N-ethyl adjacent to an activating group) is 1. The van der Waals surface area contributed by atoms with Gasteiger partial charge in [-0.25, -0.2) is 9.11 Å². The molecule has 1 N–H and O–H groups in total. The van der Waals surface area contributed by atoms with E-state index in [4.69, 9.17) is 0 Å². The first-order chi connectivity index (χ1) is 10.9. The maximum atomic E-state index is 13.1. The van der Waals surface area contributed by atoms with Gasteiger partial charge in [0.2, 0.25) is 0 Å². The highest BCUT2D eigenvalue weighted by Gasteiger charge is 2.24. The second kappa shape index (κ2) is 8.19. The fourth-order valence-electron chi connectivity index (χ4n) is 2.84. The smallest absolute Gasteiger partial charge is 0.279 e. The van der Waals surface area contributed by atoms with Gasteiger partial charge in [-0.05, 0) is 44.6 Å². The Morgan fingerprint density at radius 3 is 2.22 bits per heavy atom. The Hall–Kier alpha value is -1.02. The van der Waals surface area contributed by atoms with Crippen LogP contribution in [-0.2, 0) is 10.2 Å². The quantitative estimate of drug-likeness (QED) is 0.861. The highest BCUT2D eigenvalue weighted by atomic mass is 32.2. The Balaban J connectivity index is 2.04. The van der Waals surface area contributed by atoms with E-state index in [1.807, 2.05) is 19.0 Å². The summed E-state index contributed by atoms with van der Waals surface area (Å²) < 4.78 is 42.3. The molecule has 0 unspecified atom stereocenters. The molecule has 2 rings (SSSR count). The van der Waals surface area contributed by atoms with E-state index in [0.717, 1.165) is 31.2 Å². The highest BCUT2D eigenvalue weighted by molar-refractivity contribution is 7.87. The number of halogens is 1. The van der Waals surface area contributed by atoms with Crippen LogP contribution in [0.15, 0.2) is 24.3 Å². The van der Waals surface area contributed by atoms with Gasteiger partial charge in [-0.15, -0.1) is 0 Å². The van der Waals surface area contributed by atoms with Crippen molar-refractivity contribution in [1.29, 1.82) is 0 Å². The summed E-state index contributed by atoms with van der Waals surface area (Å²) in [6.45, 7) is 1.43. The van der Waals surface area contributed by atoms with Crippen molar-refractivity contribution in [3.8, 4) is 0 Å². The minimum Gasteiger partial charge on any atom is -0.301 e. The van der Waals surface area contributed by atoms with Gasteiger partial charge in [-0.3, -0.25) is 0 Å². The minimum atomic E-state index is -3.47. The van der Waals surface area contributed by atoms with Crippen molar-refractivity contribution in [3.05, 3.63) is 35.6 Å². The summed E-state index contributed by atoms with van der Waals surface area (Å²) in [5.41, 5.74) is 0.884. The molecule has 1 atom stereocenters. The van der Waals surface area contributed by atoms with E-state index in [0.29, 0.717) is 13.1 Å². The highest BCUT2D eigenvalue weighted by Crippen LogP contribution is 2.19. The summed E-state index contributed by atoms with van der Waals surface area (Å²) in [6, 6.07) is 6.04. The standard InChI is InChI=1S/C16H26FN3O2S/c1-19(2)16(14-7-9-15(17)10-8-14)13-18-23(21,22)20-11-5-3-4-6-12-20/h7-10,16,18H,3-6,11-13H2,1-2H3/t16-/m0/s1. The van der Waals surface area contributed by atoms with Crippen molar-refractivity contribution < 1.29 is 12.8 Å². The van der Waals surface area contributed by atoms with Crippen LogP contribution in [0.25, 0.3) is 0 Å². The molecule has 1 aliphatic rings. The second-order valence-corrected chi connectivity index (χ2v) is 7.95. The molecule has 0 spiro atoms. The SMILES string of the molecule is CN(C)[C@@H](CNS(=O)(=O)N1CCCCCC1)c1ccc(F)cc1. The largest absolute Gasteiger partial charge is 0.301 e. The van der Waals surface area contributed by atoms with Gasteiger partial charge in [0.1, 0.15) is 5.82 Å². The van der Waals surface area contributed by atoms with Gasteiger partial charge in [0, 0.05) is 25.7 Å². The number of hydrogen-bond donors (Lipinski definition) is 1. The molecule has 1 aromatic carbocycles. The Kier molecular flexibility index (Phi) is 6.52. The van der Waals surface area contributed by atoms with E-state index in [-0.39, 0.29) is 18.4 Å². The fraction of sp³-hybridized carbons (Fsp3) is 0.625. The Bertz CT molecular complexity index is 582. The maximum absolute atomic E-state index is 13.1. The lowest BCUT2D eigenvalue weighted by Crippen LogP contribution is -2.44. The molecule has 7 heteroatoms. The molecular weight excluding hydrogens is 317 g/mol. The van der Waals surface area contributed by atoms with E-state index in [1.54, 1.807) is 12.1 Å². The summed E-state index contributed by atoms with van der Waals surface area (Å²) in [4.78, 5) is 1.93. The van der Waals surface area contributed by atoms with Crippen molar-refractivity contribution >= 4 is 10.2 Å². The van der Waals surface area contributed by atoms with E-state index in [9.17, 15) is 12.8 Å². The number of nitrogens with zero attached hydrogens (tertiary/aromatic N) is 2. The Morgan fingerprint density at radius 2 is 1.70 bits per heavy atom. The first kappa shape index (κ1) is 18.3. The lowest BCUT2D eigenvalue weighted by molar-refractivity contribution is 0.296. The number of hydrogen-bond acceptors (Lipinski definition) is 3. The van der Waals surface area contributed by atoms with Crippen molar-refractivity contribution in [2.24, 2.45) is 0 Å². The topological polar surface area (TPSA) is 52.7 Å². The molecule has 0 aromatic heterocycles. The van der Waals surface area contributed by atoms with Crippen LogP contribution < -0.4 is 4.72 Å². The zero-order chi connectivity index (χ0) is 16.9. The van der Waals surface area contributed by atoms with Gasteiger partial charge in [-0.1, -0.05) is 25.0 Å². The van der Waals surface area contributed by atoms with E-state index >= 15 is 0 Å². The van der Waals surface area contributed by atoms with E-state index in [1.165, 1.54) is 16.4 Å². The lowest BCUT2D eigenvalue weighted by Gasteiger charge is -2.27. The van der Waals surface area contributed by atoms with Gasteiger partial charge < -0.3 is 4.90 Å². The van der Waals surface area contributed by atoms with Crippen LogP contribution in [-0.4, -0.2) is 51.4 Å². The molecular formula is C16H26FN3O2S. The summed E-state index contributed by atoms with van der Waals surface area (Å²) in [6.07, 6.45) is 4.00. The molecule has 1 aromatic rings. The third-order valence-electron chi connectivity index (χ3n) is 4.24. The van der Waals surface area contributed by atoms with Gasteiger partial charge in [0.15, 0.2) is 0 Å². The first-order valence-corrected chi connectivity index (χ1v) is 9.51. The zero-order valence-corrected chi connectivity index (χ0v) is 14.7. The predicted molar refractivity (Wildman–Crippen MR) is 89.8 cm³/mol. The van der Waals surface area contributed by atoms with Crippen LogP contribution in [0.1, 0.15) is 37.3 Å². The van der Waals surface area contributed by atoms with E-state index in [2.05, 4.69) is 4.72 Å². The third-order valence-corrected chi connectivity index (χ3v) is 5.82. The summed E-state index contributed by atoms with van der Waals surface area (Å²) in [5.74, 6) is -0.295. The molecule has 1 saturated heterocycles. The average Bonchev–Trinajstić information content (AvgIpc) is 2.78. The molecule has 130 valence electrons. The van der Waals surface area contributed by atoms with Crippen LogP contribution in [0.2, 0.25) is 0 Å². The van der Waals surface area contributed by atoms with Crippen LogP contribution in [0.3, 0.4) is 0 Å². The van der Waals surface area contributed by atoms with Crippen LogP contribution in [0.4, 0.5) is 4.39 Å². The summed E-state index contributed by atoms with van der Waals surface area (Å²) in [5, 5.41) is 0. The monoisotopic (exact) mass is 343 g/mol. The molecule has 23 heavy (non-hydrogen) atoms. The minimum absolute atomic E-state index is 0.141. The molecule has 0 saturated carbocycles. The summed E-state index contributed by atoms with van der Waals surface area (Å²) >= 11 is 0. The van der Waals surface area contributed by atoms with Crippen LogP contribution >= 0.6 is 0 Å². The molecule has 0 aliphatic carbocycles. The van der Waals surface area contributed by atoms with Crippen LogP contribution in [0, 0.1) is 5.82 Å².